The predicted octanol–water partition coefficient (Wildman–Crippen LogP) is 7.12. The standard InChI is InChI=1S/C21H14Cl2F6N4O/c22-12-4-1-10(2-5-12)14-8-17(21(27,28)29)33-18(30-14)9-16(32-33)19(34)31-15-7-11(20(24,25)26)3-6-13(15)23/h1-7,9,14,17,30H,8H2,(H,31,34)/t14-,17-/m1/s1. The van der Waals surface area contributed by atoms with Crippen LogP contribution >= 0.6 is 23.2 Å². The van der Waals surface area contributed by atoms with Crippen LogP contribution in [0.1, 0.15) is 40.1 Å². The number of carbonyl (C=O) groups is 1. The average molecular weight is 523 g/mol. The van der Waals surface area contributed by atoms with Gasteiger partial charge in [-0.15, -0.1) is 0 Å². The van der Waals surface area contributed by atoms with Gasteiger partial charge in [-0.2, -0.15) is 31.4 Å². The summed E-state index contributed by atoms with van der Waals surface area (Å²) in [5, 5.41) is 9.11. The SMILES string of the molecule is O=C(Nc1cc(C(F)(F)F)ccc1Cl)c1cc2n(n1)[C@@H](C(F)(F)F)C[C@H](c1ccc(Cl)cc1)N2. The zero-order valence-corrected chi connectivity index (χ0v) is 18.3. The largest absolute Gasteiger partial charge is 0.416 e. The summed E-state index contributed by atoms with van der Waals surface area (Å²) in [4.78, 5) is 12.6. The fourth-order valence-electron chi connectivity index (χ4n) is 3.58. The van der Waals surface area contributed by atoms with Crippen LogP contribution in [0.5, 0.6) is 0 Å². The van der Waals surface area contributed by atoms with Gasteiger partial charge in [-0.25, -0.2) is 4.68 Å². The molecule has 1 aromatic heterocycles. The fourth-order valence-corrected chi connectivity index (χ4v) is 3.87. The number of benzene rings is 2. The minimum Gasteiger partial charge on any atom is -0.363 e. The van der Waals surface area contributed by atoms with Crippen molar-refractivity contribution in [3.8, 4) is 0 Å². The summed E-state index contributed by atoms with van der Waals surface area (Å²) in [5.41, 5.74) is -1.29. The Bertz CT molecular complexity index is 1220. The van der Waals surface area contributed by atoms with Crippen molar-refractivity contribution in [2.75, 3.05) is 10.6 Å². The molecule has 0 fully saturated rings. The predicted molar refractivity (Wildman–Crippen MR) is 114 cm³/mol. The van der Waals surface area contributed by atoms with Gasteiger partial charge in [-0.3, -0.25) is 4.79 Å². The molecule has 0 radical (unpaired) electrons. The van der Waals surface area contributed by atoms with Crippen LogP contribution in [-0.4, -0.2) is 21.9 Å². The number of amides is 1. The van der Waals surface area contributed by atoms with Crippen LogP contribution < -0.4 is 10.6 Å². The number of hydrogen-bond donors (Lipinski definition) is 2. The van der Waals surface area contributed by atoms with E-state index >= 15 is 0 Å². The van der Waals surface area contributed by atoms with Crippen LogP contribution in [-0.2, 0) is 6.18 Å². The maximum absolute atomic E-state index is 13.8. The van der Waals surface area contributed by atoms with Crippen molar-refractivity contribution >= 4 is 40.6 Å². The molecular formula is C21H14Cl2F6N4O. The number of anilines is 2. The monoisotopic (exact) mass is 522 g/mol. The van der Waals surface area contributed by atoms with Gasteiger partial charge in [-0.1, -0.05) is 35.3 Å². The first kappa shape index (κ1) is 24.2. The lowest BCUT2D eigenvalue weighted by atomic mass is 9.97. The van der Waals surface area contributed by atoms with Gasteiger partial charge in [0.05, 0.1) is 22.3 Å². The third-order valence-corrected chi connectivity index (χ3v) is 5.82. The van der Waals surface area contributed by atoms with Gasteiger partial charge in [0.2, 0.25) is 0 Å². The lowest BCUT2D eigenvalue weighted by Crippen LogP contribution is -2.35. The first-order valence-corrected chi connectivity index (χ1v) is 10.4. The number of nitrogens with zero attached hydrogens (tertiary/aromatic N) is 2. The van der Waals surface area contributed by atoms with Crippen LogP contribution in [0.3, 0.4) is 0 Å². The normalized spacial score (nSPS) is 18.2. The lowest BCUT2D eigenvalue weighted by Gasteiger charge is -2.33. The van der Waals surface area contributed by atoms with Crippen LogP contribution in [0.4, 0.5) is 37.8 Å². The molecule has 1 amide bonds. The van der Waals surface area contributed by atoms with E-state index in [0.29, 0.717) is 21.3 Å². The number of carbonyl (C=O) groups excluding carboxylic acids is 1. The summed E-state index contributed by atoms with van der Waals surface area (Å²) >= 11 is 11.7. The van der Waals surface area contributed by atoms with Crippen molar-refractivity contribution in [3.63, 3.8) is 0 Å². The second kappa shape index (κ2) is 8.70. The molecule has 5 nitrogen and oxygen atoms in total. The van der Waals surface area contributed by atoms with E-state index in [9.17, 15) is 31.1 Å². The minimum absolute atomic E-state index is 0.0752. The van der Waals surface area contributed by atoms with Gasteiger partial charge in [0.25, 0.3) is 5.91 Å². The summed E-state index contributed by atoms with van der Waals surface area (Å²) in [6.07, 6.45) is -9.76. The highest BCUT2D eigenvalue weighted by Gasteiger charge is 2.46. The van der Waals surface area contributed by atoms with E-state index in [1.54, 1.807) is 24.3 Å². The van der Waals surface area contributed by atoms with Gasteiger partial charge in [0.15, 0.2) is 11.7 Å². The number of rotatable bonds is 3. The Labute approximate surface area is 198 Å². The number of fused-ring (bicyclic) bond motifs is 1. The number of hydrogen-bond acceptors (Lipinski definition) is 3. The highest BCUT2D eigenvalue weighted by molar-refractivity contribution is 6.34. The Morgan fingerprint density at radius 1 is 1.03 bits per heavy atom. The van der Waals surface area contributed by atoms with Crippen molar-refractivity contribution in [1.82, 2.24) is 9.78 Å². The van der Waals surface area contributed by atoms with Gasteiger partial charge >= 0.3 is 12.4 Å². The smallest absolute Gasteiger partial charge is 0.363 e. The molecule has 2 atom stereocenters. The van der Waals surface area contributed by atoms with Crippen molar-refractivity contribution < 1.29 is 31.1 Å². The molecule has 0 spiro atoms. The Morgan fingerprint density at radius 2 is 1.71 bits per heavy atom. The second-order valence-corrected chi connectivity index (χ2v) is 8.39. The third-order valence-electron chi connectivity index (χ3n) is 5.24. The molecule has 13 heteroatoms. The highest BCUT2D eigenvalue weighted by Crippen LogP contribution is 2.44. The fraction of sp³-hybridized carbons (Fsp3) is 0.238. The molecule has 4 rings (SSSR count). The van der Waals surface area contributed by atoms with E-state index in [4.69, 9.17) is 23.2 Å². The zero-order valence-electron chi connectivity index (χ0n) is 16.8. The quantitative estimate of drug-likeness (QED) is 0.360. The number of nitrogens with one attached hydrogen (secondary N) is 2. The lowest BCUT2D eigenvalue weighted by molar-refractivity contribution is -0.173. The molecule has 2 aromatic carbocycles. The van der Waals surface area contributed by atoms with Crippen LogP contribution in [0, 0.1) is 0 Å². The van der Waals surface area contributed by atoms with E-state index in [1.165, 1.54) is 0 Å². The summed E-state index contributed by atoms with van der Waals surface area (Å²) < 4.78 is 81.0. The summed E-state index contributed by atoms with van der Waals surface area (Å²) in [5.74, 6) is -1.09. The molecule has 0 bridgehead atoms. The number of halogens is 8. The topological polar surface area (TPSA) is 59.0 Å². The van der Waals surface area contributed by atoms with Crippen LogP contribution in [0.15, 0.2) is 48.5 Å². The van der Waals surface area contributed by atoms with E-state index in [0.717, 1.165) is 18.2 Å². The molecule has 0 saturated carbocycles. The summed E-state index contributed by atoms with van der Waals surface area (Å²) in [6, 6.07) is 6.89. The molecular weight excluding hydrogens is 509 g/mol. The minimum atomic E-state index is -4.68. The van der Waals surface area contributed by atoms with Crippen molar-refractivity contribution in [1.29, 1.82) is 0 Å². The highest BCUT2D eigenvalue weighted by atomic mass is 35.5. The number of alkyl halides is 6. The van der Waals surface area contributed by atoms with E-state index in [-0.39, 0.29) is 16.5 Å². The molecule has 2 heterocycles. The van der Waals surface area contributed by atoms with Crippen molar-refractivity contribution in [2.24, 2.45) is 0 Å². The van der Waals surface area contributed by atoms with Crippen molar-refractivity contribution in [3.05, 3.63) is 75.4 Å². The maximum atomic E-state index is 13.8. The maximum Gasteiger partial charge on any atom is 0.416 e. The molecule has 0 aliphatic carbocycles. The van der Waals surface area contributed by atoms with Crippen LogP contribution in [0.2, 0.25) is 10.0 Å². The van der Waals surface area contributed by atoms with Crippen molar-refractivity contribution in [2.45, 2.75) is 30.9 Å². The third kappa shape index (κ3) is 4.95. The average Bonchev–Trinajstić information content (AvgIpc) is 3.18. The molecule has 0 saturated heterocycles. The summed E-state index contributed by atoms with van der Waals surface area (Å²) in [7, 11) is 0. The summed E-state index contributed by atoms with van der Waals surface area (Å²) in [6.45, 7) is 0. The van der Waals surface area contributed by atoms with Gasteiger partial charge < -0.3 is 10.6 Å². The zero-order chi connectivity index (χ0) is 24.8. The Hall–Kier alpha value is -2.92. The molecule has 34 heavy (non-hydrogen) atoms. The second-order valence-electron chi connectivity index (χ2n) is 7.55. The molecule has 180 valence electrons. The molecule has 2 N–H and O–H groups in total. The van der Waals surface area contributed by atoms with E-state index < -0.39 is 48.0 Å². The Morgan fingerprint density at radius 3 is 2.32 bits per heavy atom. The Kier molecular flexibility index (Phi) is 6.19. The molecule has 3 aromatic rings. The first-order chi connectivity index (χ1) is 15.8. The van der Waals surface area contributed by atoms with E-state index in [1.807, 2.05) is 0 Å². The molecule has 1 aliphatic rings. The molecule has 0 unspecified atom stereocenters. The molecule has 1 aliphatic heterocycles. The van der Waals surface area contributed by atoms with Gasteiger partial charge in [-0.05, 0) is 35.9 Å². The van der Waals surface area contributed by atoms with Gasteiger partial charge in [0, 0.05) is 17.5 Å². The Balaban J connectivity index is 1.64. The first-order valence-electron chi connectivity index (χ1n) is 9.69. The van der Waals surface area contributed by atoms with Crippen LogP contribution in [0.25, 0.3) is 0 Å². The van der Waals surface area contributed by atoms with Gasteiger partial charge in [0.1, 0.15) is 5.82 Å². The van der Waals surface area contributed by atoms with E-state index in [2.05, 4.69) is 15.7 Å². The number of aromatic nitrogens is 2.